The van der Waals surface area contributed by atoms with Gasteiger partial charge in [0.05, 0.1) is 0 Å². The number of nitrogens with one attached hydrogen (secondary N) is 1. The Balaban J connectivity index is 3.79. The topological polar surface area (TPSA) is 12.0 Å². The van der Waals surface area contributed by atoms with Crippen molar-refractivity contribution in [1.29, 1.82) is 0 Å². The van der Waals surface area contributed by atoms with Crippen LogP contribution in [0.5, 0.6) is 0 Å². The van der Waals surface area contributed by atoms with Gasteiger partial charge in [-0.15, -0.1) is 0 Å². The van der Waals surface area contributed by atoms with E-state index in [1.54, 1.807) is 0 Å². The SMILES string of the molecule is CCCNC(C)/C(C)=C/CC(C)C. The molecule has 0 aromatic rings. The molecule has 0 spiro atoms. The molecule has 1 atom stereocenters. The average molecular weight is 183 g/mol. The summed E-state index contributed by atoms with van der Waals surface area (Å²) < 4.78 is 0. The third-order valence-corrected chi connectivity index (χ3v) is 2.29. The molecular weight excluding hydrogens is 158 g/mol. The molecule has 1 heteroatoms. The van der Waals surface area contributed by atoms with E-state index in [1.165, 1.54) is 18.4 Å². The molecule has 0 aliphatic rings. The molecule has 78 valence electrons. The zero-order valence-corrected chi connectivity index (χ0v) is 9.85. The monoisotopic (exact) mass is 183 g/mol. The van der Waals surface area contributed by atoms with Crippen LogP contribution in [-0.2, 0) is 0 Å². The van der Waals surface area contributed by atoms with E-state index in [2.05, 4.69) is 46.0 Å². The fourth-order valence-electron chi connectivity index (χ4n) is 1.12. The lowest BCUT2D eigenvalue weighted by molar-refractivity contribution is 0.592. The van der Waals surface area contributed by atoms with Crippen LogP contribution in [0.3, 0.4) is 0 Å². The van der Waals surface area contributed by atoms with Crippen molar-refractivity contribution in [2.24, 2.45) is 5.92 Å². The largest absolute Gasteiger partial charge is 0.311 e. The molecule has 1 nitrogen and oxygen atoms in total. The van der Waals surface area contributed by atoms with Gasteiger partial charge in [-0.1, -0.05) is 32.4 Å². The lowest BCUT2D eigenvalue weighted by atomic mass is 10.0. The molecule has 0 fully saturated rings. The molecule has 0 aliphatic heterocycles. The maximum Gasteiger partial charge on any atom is 0.0248 e. The molecule has 0 saturated heterocycles. The van der Waals surface area contributed by atoms with Crippen molar-refractivity contribution in [3.63, 3.8) is 0 Å². The van der Waals surface area contributed by atoms with Crippen molar-refractivity contribution >= 4 is 0 Å². The Labute approximate surface area is 83.6 Å². The van der Waals surface area contributed by atoms with Crippen LogP contribution in [0, 0.1) is 5.92 Å². The second-order valence-corrected chi connectivity index (χ2v) is 4.25. The predicted molar refractivity (Wildman–Crippen MR) is 61.0 cm³/mol. The van der Waals surface area contributed by atoms with Gasteiger partial charge in [-0.05, 0) is 39.2 Å². The third kappa shape index (κ3) is 6.83. The molecule has 0 aliphatic carbocycles. The Hall–Kier alpha value is -0.300. The zero-order chi connectivity index (χ0) is 10.3. The molecule has 0 bridgehead atoms. The van der Waals surface area contributed by atoms with Crippen molar-refractivity contribution in [2.45, 2.75) is 53.5 Å². The Morgan fingerprint density at radius 1 is 1.31 bits per heavy atom. The molecule has 1 unspecified atom stereocenters. The van der Waals surface area contributed by atoms with Gasteiger partial charge in [0.25, 0.3) is 0 Å². The smallest absolute Gasteiger partial charge is 0.0248 e. The van der Waals surface area contributed by atoms with Gasteiger partial charge in [0, 0.05) is 6.04 Å². The first-order valence-electron chi connectivity index (χ1n) is 5.48. The highest BCUT2D eigenvalue weighted by Crippen LogP contribution is 2.07. The molecule has 0 rings (SSSR count). The van der Waals surface area contributed by atoms with Gasteiger partial charge in [-0.2, -0.15) is 0 Å². The highest BCUT2D eigenvalue weighted by atomic mass is 14.9. The fourth-order valence-corrected chi connectivity index (χ4v) is 1.12. The summed E-state index contributed by atoms with van der Waals surface area (Å²) in [6.45, 7) is 12.3. The summed E-state index contributed by atoms with van der Waals surface area (Å²) in [5, 5.41) is 3.49. The van der Waals surface area contributed by atoms with E-state index >= 15 is 0 Å². The van der Waals surface area contributed by atoms with E-state index in [1.807, 2.05) is 0 Å². The van der Waals surface area contributed by atoms with Crippen molar-refractivity contribution in [3.8, 4) is 0 Å². The first kappa shape index (κ1) is 12.7. The van der Waals surface area contributed by atoms with Crippen LogP contribution in [0.2, 0.25) is 0 Å². The first-order chi connectivity index (χ1) is 6.07. The summed E-state index contributed by atoms with van der Waals surface area (Å²) in [6, 6.07) is 0.540. The Morgan fingerprint density at radius 3 is 2.38 bits per heavy atom. The number of rotatable bonds is 6. The molecule has 0 saturated carbocycles. The predicted octanol–water partition coefficient (Wildman–Crippen LogP) is 3.37. The minimum absolute atomic E-state index is 0.540. The van der Waals surface area contributed by atoms with E-state index in [9.17, 15) is 0 Å². The third-order valence-electron chi connectivity index (χ3n) is 2.29. The maximum atomic E-state index is 3.49. The normalized spacial score (nSPS) is 15.1. The van der Waals surface area contributed by atoms with Crippen molar-refractivity contribution in [2.75, 3.05) is 6.54 Å². The molecular formula is C12H25N. The van der Waals surface area contributed by atoms with Crippen LogP contribution in [0.25, 0.3) is 0 Å². The minimum atomic E-state index is 0.540. The van der Waals surface area contributed by atoms with Gasteiger partial charge in [-0.3, -0.25) is 0 Å². The second kappa shape index (κ2) is 7.14. The van der Waals surface area contributed by atoms with E-state index in [-0.39, 0.29) is 0 Å². The van der Waals surface area contributed by atoms with Crippen LogP contribution in [0.1, 0.15) is 47.5 Å². The van der Waals surface area contributed by atoms with E-state index in [0.717, 1.165) is 12.5 Å². The Bertz CT molecular complexity index is 147. The van der Waals surface area contributed by atoms with Crippen molar-refractivity contribution in [1.82, 2.24) is 5.32 Å². The zero-order valence-electron chi connectivity index (χ0n) is 9.85. The van der Waals surface area contributed by atoms with Crippen molar-refractivity contribution in [3.05, 3.63) is 11.6 Å². The van der Waals surface area contributed by atoms with Gasteiger partial charge in [-0.25, -0.2) is 0 Å². The maximum absolute atomic E-state index is 3.49. The quantitative estimate of drug-likeness (QED) is 0.623. The summed E-state index contributed by atoms with van der Waals surface area (Å²) in [7, 11) is 0. The summed E-state index contributed by atoms with van der Waals surface area (Å²) in [4.78, 5) is 0. The summed E-state index contributed by atoms with van der Waals surface area (Å²) >= 11 is 0. The fraction of sp³-hybridized carbons (Fsp3) is 0.833. The molecule has 0 aromatic heterocycles. The van der Waals surface area contributed by atoms with Gasteiger partial charge < -0.3 is 5.32 Å². The number of allylic oxidation sites excluding steroid dienone is 1. The van der Waals surface area contributed by atoms with Gasteiger partial charge in [0.1, 0.15) is 0 Å². The highest BCUT2D eigenvalue weighted by molar-refractivity contribution is 5.06. The highest BCUT2D eigenvalue weighted by Gasteiger charge is 2.01. The number of hydrogen-bond acceptors (Lipinski definition) is 1. The summed E-state index contributed by atoms with van der Waals surface area (Å²) in [6.07, 6.45) is 4.77. The Morgan fingerprint density at radius 2 is 1.92 bits per heavy atom. The van der Waals surface area contributed by atoms with Crippen molar-refractivity contribution < 1.29 is 0 Å². The molecule has 0 amide bonds. The summed E-state index contributed by atoms with van der Waals surface area (Å²) in [5.41, 5.74) is 1.47. The van der Waals surface area contributed by atoms with Crippen LogP contribution >= 0.6 is 0 Å². The second-order valence-electron chi connectivity index (χ2n) is 4.25. The molecule has 13 heavy (non-hydrogen) atoms. The van der Waals surface area contributed by atoms with E-state index in [4.69, 9.17) is 0 Å². The van der Waals surface area contributed by atoms with E-state index in [0.29, 0.717) is 6.04 Å². The molecule has 1 N–H and O–H groups in total. The van der Waals surface area contributed by atoms with Gasteiger partial charge in [0.2, 0.25) is 0 Å². The average Bonchev–Trinajstić information content (AvgIpc) is 2.10. The van der Waals surface area contributed by atoms with Gasteiger partial charge >= 0.3 is 0 Å². The lowest BCUT2D eigenvalue weighted by Gasteiger charge is -2.14. The standard InChI is InChI=1S/C12H25N/c1-6-9-13-12(5)11(4)8-7-10(2)3/h8,10,12-13H,6-7,9H2,1-5H3/b11-8+. The van der Waals surface area contributed by atoms with Crippen LogP contribution in [0.4, 0.5) is 0 Å². The lowest BCUT2D eigenvalue weighted by Crippen LogP contribution is -2.27. The van der Waals surface area contributed by atoms with Crippen LogP contribution in [0.15, 0.2) is 11.6 Å². The van der Waals surface area contributed by atoms with Gasteiger partial charge in [0.15, 0.2) is 0 Å². The van der Waals surface area contributed by atoms with Crippen LogP contribution in [-0.4, -0.2) is 12.6 Å². The van der Waals surface area contributed by atoms with Crippen LogP contribution < -0.4 is 5.32 Å². The molecule has 0 radical (unpaired) electrons. The number of hydrogen-bond donors (Lipinski definition) is 1. The van der Waals surface area contributed by atoms with E-state index < -0.39 is 0 Å². The first-order valence-corrected chi connectivity index (χ1v) is 5.48. The minimum Gasteiger partial charge on any atom is -0.311 e. The molecule has 0 aromatic carbocycles. The Kier molecular flexibility index (Phi) is 6.97. The molecule has 0 heterocycles. The summed E-state index contributed by atoms with van der Waals surface area (Å²) in [5.74, 6) is 0.772.